The van der Waals surface area contributed by atoms with E-state index in [1.165, 1.54) is 0 Å². The average Bonchev–Trinajstić information content (AvgIpc) is 2.37. The smallest absolute Gasteiger partial charge is 0.312 e. The molecule has 3 aliphatic rings. The Balaban J connectivity index is 2.15. The molecule has 0 aromatic carbocycles. The van der Waals surface area contributed by atoms with Gasteiger partial charge in [0, 0.05) is 0 Å². The second-order valence-corrected chi connectivity index (χ2v) is 4.45. The first-order valence-corrected chi connectivity index (χ1v) is 4.38. The van der Waals surface area contributed by atoms with Crippen molar-refractivity contribution in [3.8, 4) is 0 Å². The number of ether oxygens (including phenoxy) is 1. The third kappa shape index (κ3) is 0.724. The molecule has 2 saturated heterocycles. The predicted octanol–water partition coefficient (Wildman–Crippen LogP) is 1.28. The number of carbonyl (C=O) groups is 1. The molecule has 0 aromatic heterocycles. The van der Waals surface area contributed by atoms with E-state index in [2.05, 4.69) is 13.8 Å². The Hall–Kier alpha value is -0.570. The second-order valence-electron chi connectivity index (χ2n) is 4.45. The van der Waals surface area contributed by atoms with Crippen LogP contribution in [0, 0.1) is 11.3 Å². The third-order valence-corrected chi connectivity index (χ3v) is 3.42. The fourth-order valence-corrected chi connectivity index (χ4v) is 2.37. The van der Waals surface area contributed by atoms with Crippen LogP contribution in [0.4, 0.5) is 0 Å². The van der Waals surface area contributed by atoms with Gasteiger partial charge in [0.2, 0.25) is 0 Å². The van der Waals surface area contributed by atoms with Gasteiger partial charge >= 0.3 is 5.97 Å². The zero-order chi connectivity index (χ0) is 8.98. The predicted molar refractivity (Wildman–Crippen MR) is 42.8 cm³/mol. The molecule has 68 valence electrons. The molecular weight excluding hydrogens is 156 g/mol. The van der Waals surface area contributed by atoms with Crippen LogP contribution in [0.2, 0.25) is 0 Å². The zero-order valence-electron chi connectivity index (χ0n) is 7.46. The largest absolute Gasteiger partial charge is 0.481 e. The standard InChI is InChI=1S/C9H14O3/c1-6(2)9-3-8(4-9,5-12-9)7(10)11/h6H,3-5H2,1-2H3,(H,10,11). The normalized spacial score (nSPS) is 44.6. The highest BCUT2D eigenvalue weighted by molar-refractivity contribution is 5.77. The first-order valence-electron chi connectivity index (χ1n) is 4.38. The minimum atomic E-state index is -0.684. The molecule has 0 amide bonds. The van der Waals surface area contributed by atoms with Gasteiger partial charge in [-0.1, -0.05) is 13.8 Å². The van der Waals surface area contributed by atoms with Crippen LogP contribution in [0.25, 0.3) is 0 Å². The molecule has 12 heavy (non-hydrogen) atoms. The quantitative estimate of drug-likeness (QED) is 0.679. The molecule has 3 rings (SSSR count). The van der Waals surface area contributed by atoms with Crippen molar-refractivity contribution in [2.45, 2.75) is 32.3 Å². The van der Waals surface area contributed by atoms with E-state index in [0.717, 1.165) is 0 Å². The summed E-state index contributed by atoms with van der Waals surface area (Å²) in [6, 6.07) is 0. The molecule has 3 fully saturated rings. The number of aliphatic carboxylic acids is 1. The van der Waals surface area contributed by atoms with Crippen molar-refractivity contribution >= 4 is 5.97 Å². The van der Waals surface area contributed by atoms with Gasteiger partial charge < -0.3 is 9.84 Å². The summed E-state index contributed by atoms with van der Waals surface area (Å²) in [5, 5.41) is 8.93. The lowest BCUT2D eigenvalue weighted by Gasteiger charge is -2.44. The van der Waals surface area contributed by atoms with Crippen molar-refractivity contribution in [1.29, 1.82) is 0 Å². The summed E-state index contributed by atoms with van der Waals surface area (Å²) in [5.41, 5.74) is -0.622. The summed E-state index contributed by atoms with van der Waals surface area (Å²) in [7, 11) is 0. The Morgan fingerprint density at radius 2 is 2.08 bits per heavy atom. The van der Waals surface area contributed by atoms with Crippen LogP contribution < -0.4 is 0 Å². The first-order chi connectivity index (χ1) is 5.51. The van der Waals surface area contributed by atoms with E-state index in [1.807, 2.05) is 0 Å². The summed E-state index contributed by atoms with van der Waals surface area (Å²) in [4.78, 5) is 10.8. The Labute approximate surface area is 71.7 Å². The van der Waals surface area contributed by atoms with Gasteiger partial charge in [-0.05, 0) is 18.8 Å². The topological polar surface area (TPSA) is 46.5 Å². The van der Waals surface area contributed by atoms with Crippen molar-refractivity contribution in [3.63, 3.8) is 0 Å². The molecule has 1 saturated carbocycles. The fraction of sp³-hybridized carbons (Fsp3) is 0.889. The van der Waals surface area contributed by atoms with Gasteiger partial charge in [-0.2, -0.15) is 0 Å². The molecular formula is C9H14O3. The average molecular weight is 170 g/mol. The summed E-state index contributed by atoms with van der Waals surface area (Å²) in [6.45, 7) is 4.61. The second kappa shape index (κ2) is 2.02. The highest BCUT2D eigenvalue weighted by atomic mass is 16.5. The first kappa shape index (κ1) is 8.05. The van der Waals surface area contributed by atoms with Crippen LogP contribution in [0.3, 0.4) is 0 Å². The fourth-order valence-electron chi connectivity index (χ4n) is 2.37. The minimum absolute atomic E-state index is 0.0988. The molecule has 2 bridgehead atoms. The summed E-state index contributed by atoms with van der Waals surface area (Å²) < 4.78 is 5.56. The number of hydrogen-bond acceptors (Lipinski definition) is 2. The molecule has 1 aliphatic carbocycles. The molecule has 3 nitrogen and oxygen atoms in total. The van der Waals surface area contributed by atoms with Crippen molar-refractivity contribution in [1.82, 2.24) is 0 Å². The van der Waals surface area contributed by atoms with Crippen molar-refractivity contribution in [3.05, 3.63) is 0 Å². The van der Waals surface area contributed by atoms with Crippen LogP contribution in [0.1, 0.15) is 26.7 Å². The summed E-state index contributed by atoms with van der Waals surface area (Å²) in [6.07, 6.45) is 1.43. The maximum absolute atomic E-state index is 10.8. The molecule has 0 radical (unpaired) electrons. The van der Waals surface area contributed by atoms with E-state index in [9.17, 15) is 4.79 Å². The Kier molecular flexibility index (Phi) is 1.35. The highest BCUT2D eigenvalue weighted by Gasteiger charge is 2.67. The molecule has 3 heteroatoms. The van der Waals surface area contributed by atoms with Crippen molar-refractivity contribution in [2.24, 2.45) is 11.3 Å². The maximum Gasteiger partial charge on any atom is 0.312 e. The minimum Gasteiger partial charge on any atom is -0.481 e. The number of hydrogen-bond donors (Lipinski definition) is 1. The number of carboxylic acid groups (broad SMARTS) is 1. The van der Waals surface area contributed by atoms with Crippen LogP contribution in [-0.4, -0.2) is 23.3 Å². The van der Waals surface area contributed by atoms with Crippen LogP contribution in [0.15, 0.2) is 0 Å². The lowest BCUT2D eigenvalue weighted by atomic mass is 9.59. The summed E-state index contributed by atoms with van der Waals surface area (Å²) in [5.74, 6) is -0.247. The number of carboxylic acids is 1. The van der Waals surface area contributed by atoms with Crippen LogP contribution in [0.5, 0.6) is 0 Å². The van der Waals surface area contributed by atoms with Gasteiger partial charge in [-0.25, -0.2) is 0 Å². The number of fused-ring (bicyclic) bond motifs is 1. The molecule has 1 N–H and O–H groups in total. The summed E-state index contributed by atoms with van der Waals surface area (Å²) >= 11 is 0. The van der Waals surface area contributed by atoms with Crippen molar-refractivity contribution in [2.75, 3.05) is 6.61 Å². The van der Waals surface area contributed by atoms with Crippen LogP contribution in [-0.2, 0) is 9.53 Å². The zero-order valence-corrected chi connectivity index (χ0v) is 7.46. The Bertz CT molecular complexity index is 226. The monoisotopic (exact) mass is 170 g/mol. The van der Waals surface area contributed by atoms with Gasteiger partial charge in [0.05, 0.1) is 17.6 Å². The van der Waals surface area contributed by atoms with Crippen LogP contribution >= 0.6 is 0 Å². The molecule has 2 aliphatic heterocycles. The van der Waals surface area contributed by atoms with Gasteiger partial charge in [0.1, 0.15) is 0 Å². The van der Waals surface area contributed by atoms with E-state index < -0.39 is 11.4 Å². The third-order valence-electron chi connectivity index (χ3n) is 3.42. The van der Waals surface area contributed by atoms with Gasteiger partial charge in [-0.15, -0.1) is 0 Å². The maximum atomic E-state index is 10.8. The molecule has 2 heterocycles. The van der Waals surface area contributed by atoms with E-state index in [-0.39, 0.29) is 5.60 Å². The SMILES string of the molecule is CC(C)C12CC(C(=O)O)(CO1)C2. The van der Waals surface area contributed by atoms with Crippen molar-refractivity contribution < 1.29 is 14.6 Å². The lowest BCUT2D eigenvalue weighted by Crippen LogP contribution is -2.51. The van der Waals surface area contributed by atoms with E-state index in [1.54, 1.807) is 0 Å². The van der Waals surface area contributed by atoms with E-state index >= 15 is 0 Å². The van der Waals surface area contributed by atoms with Gasteiger partial charge in [0.25, 0.3) is 0 Å². The van der Waals surface area contributed by atoms with E-state index in [0.29, 0.717) is 25.4 Å². The Morgan fingerprint density at radius 1 is 1.50 bits per heavy atom. The molecule has 0 unspecified atom stereocenters. The molecule has 0 atom stereocenters. The molecule has 0 aromatic rings. The van der Waals surface area contributed by atoms with Gasteiger partial charge in [-0.3, -0.25) is 4.79 Å². The number of rotatable bonds is 2. The highest BCUT2D eigenvalue weighted by Crippen LogP contribution is 2.60. The van der Waals surface area contributed by atoms with Gasteiger partial charge in [0.15, 0.2) is 0 Å². The van der Waals surface area contributed by atoms with E-state index in [4.69, 9.17) is 9.84 Å². The Morgan fingerprint density at radius 3 is 2.33 bits per heavy atom. The molecule has 0 spiro atoms. The lowest BCUT2D eigenvalue weighted by molar-refractivity contribution is -0.155.